The van der Waals surface area contributed by atoms with Crippen molar-refractivity contribution in [2.45, 2.75) is 0 Å². The third kappa shape index (κ3) is 0.889. The summed E-state index contributed by atoms with van der Waals surface area (Å²) in [5.41, 5.74) is 1.39. The van der Waals surface area contributed by atoms with Crippen molar-refractivity contribution >= 4 is 11.2 Å². The smallest absolute Gasteiger partial charge is 0.185 e. The zero-order valence-corrected chi connectivity index (χ0v) is 7.02. The second-order valence-electron chi connectivity index (χ2n) is 2.62. The first-order valence-electron chi connectivity index (χ1n) is 3.95. The molecule has 0 aliphatic heterocycles. The topological polar surface area (TPSA) is 74.3 Å². The Labute approximate surface area is 78.0 Å². The molecule has 0 aliphatic rings. The zero-order chi connectivity index (χ0) is 9.38. The van der Waals surface area contributed by atoms with Crippen LogP contribution in [0, 0.1) is 0 Å². The normalized spacial score (nSPS) is 10.9. The molecule has 0 N–H and O–H groups in total. The van der Waals surface area contributed by atoms with Crippen molar-refractivity contribution < 1.29 is 0 Å². The van der Waals surface area contributed by atoms with Crippen LogP contribution in [0.2, 0.25) is 0 Å². The van der Waals surface area contributed by atoms with Crippen molar-refractivity contribution in [1.82, 2.24) is 34.7 Å². The van der Waals surface area contributed by atoms with E-state index >= 15 is 0 Å². The number of hydrogen-bond acceptors (Lipinski definition) is 5. The summed E-state index contributed by atoms with van der Waals surface area (Å²) in [5.74, 6) is 0. The van der Waals surface area contributed by atoms with Gasteiger partial charge < -0.3 is 0 Å². The van der Waals surface area contributed by atoms with E-state index in [1.807, 2.05) is 0 Å². The van der Waals surface area contributed by atoms with E-state index in [9.17, 15) is 0 Å². The molecule has 0 saturated carbocycles. The van der Waals surface area contributed by atoms with Crippen LogP contribution in [-0.4, -0.2) is 34.7 Å². The minimum atomic E-state index is 0.677. The van der Waals surface area contributed by atoms with Crippen LogP contribution in [0.3, 0.4) is 0 Å². The lowest BCUT2D eigenvalue weighted by Gasteiger charge is -1.98. The molecule has 0 unspecified atom stereocenters. The Morgan fingerprint density at radius 3 is 2.79 bits per heavy atom. The first-order valence-corrected chi connectivity index (χ1v) is 3.95. The van der Waals surface area contributed by atoms with Gasteiger partial charge in [0.1, 0.15) is 18.2 Å². The van der Waals surface area contributed by atoms with Gasteiger partial charge in [0, 0.05) is 0 Å². The van der Waals surface area contributed by atoms with Crippen molar-refractivity contribution in [2.24, 2.45) is 0 Å². The van der Waals surface area contributed by atoms with Gasteiger partial charge in [-0.3, -0.25) is 0 Å². The summed E-state index contributed by atoms with van der Waals surface area (Å²) in [6, 6.07) is 0. The molecule has 0 saturated heterocycles. The van der Waals surface area contributed by atoms with Crippen molar-refractivity contribution in [3.8, 4) is 0 Å². The fraction of sp³-hybridized carbons (Fsp3) is 0. The molecule has 3 aromatic heterocycles. The Morgan fingerprint density at radius 2 is 1.93 bits per heavy atom. The monoisotopic (exact) mass is 187 g/mol. The predicted octanol–water partition coefficient (Wildman–Crippen LogP) is -0.271. The van der Waals surface area contributed by atoms with Crippen LogP contribution in [-0.2, 0) is 0 Å². The number of imidazole rings is 1. The summed E-state index contributed by atoms with van der Waals surface area (Å²) in [4.78, 5) is 13.5. The molecular weight excluding hydrogens is 182 g/mol. The van der Waals surface area contributed by atoms with E-state index in [-0.39, 0.29) is 0 Å². The van der Waals surface area contributed by atoms with Crippen molar-refractivity contribution in [2.75, 3.05) is 0 Å². The second-order valence-corrected chi connectivity index (χ2v) is 2.62. The molecule has 68 valence electrons. The van der Waals surface area contributed by atoms with Gasteiger partial charge in [0.05, 0.1) is 18.6 Å². The van der Waals surface area contributed by atoms with Crippen molar-refractivity contribution in [1.29, 1.82) is 0 Å². The third-order valence-corrected chi connectivity index (χ3v) is 1.80. The van der Waals surface area contributed by atoms with Gasteiger partial charge in [-0.05, 0) is 0 Å². The fourth-order valence-corrected chi connectivity index (χ4v) is 1.21. The molecule has 3 aromatic rings. The van der Waals surface area contributed by atoms with Gasteiger partial charge >= 0.3 is 0 Å². The molecule has 3 heterocycles. The molecule has 0 bridgehead atoms. The van der Waals surface area contributed by atoms with Crippen molar-refractivity contribution in [3.63, 3.8) is 0 Å². The van der Waals surface area contributed by atoms with Crippen molar-refractivity contribution in [3.05, 3.63) is 31.2 Å². The van der Waals surface area contributed by atoms with Gasteiger partial charge in [0.15, 0.2) is 5.65 Å². The second kappa shape index (κ2) is 2.59. The lowest BCUT2D eigenvalue weighted by Crippen LogP contribution is -2.11. The highest BCUT2D eigenvalue weighted by molar-refractivity contribution is 5.68. The lowest BCUT2D eigenvalue weighted by molar-refractivity contribution is 0.506. The maximum atomic E-state index is 4.11. The molecule has 7 nitrogen and oxygen atoms in total. The molecule has 7 heteroatoms. The van der Waals surface area contributed by atoms with Crippen LogP contribution in [0.15, 0.2) is 31.2 Å². The summed E-state index contributed by atoms with van der Waals surface area (Å²) >= 11 is 0. The van der Waals surface area contributed by atoms with E-state index in [4.69, 9.17) is 0 Å². The van der Waals surface area contributed by atoms with Crippen LogP contribution in [0.4, 0.5) is 0 Å². The summed E-state index contributed by atoms with van der Waals surface area (Å²) in [7, 11) is 0. The van der Waals surface area contributed by atoms with Crippen LogP contribution < -0.4 is 0 Å². The highest BCUT2D eigenvalue weighted by Crippen LogP contribution is 2.05. The van der Waals surface area contributed by atoms with Crippen LogP contribution >= 0.6 is 0 Å². The van der Waals surface area contributed by atoms with E-state index in [2.05, 4.69) is 25.1 Å². The minimum Gasteiger partial charge on any atom is -0.242 e. The van der Waals surface area contributed by atoms with Gasteiger partial charge in [0.25, 0.3) is 0 Å². The molecule has 0 radical (unpaired) electrons. The van der Waals surface area contributed by atoms with Gasteiger partial charge in [0.2, 0.25) is 0 Å². The maximum Gasteiger partial charge on any atom is 0.185 e. The molecule has 0 fully saturated rings. The summed E-state index contributed by atoms with van der Waals surface area (Å²) in [6.45, 7) is 0. The Hall–Kier alpha value is -2.31. The minimum absolute atomic E-state index is 0.677. The fourth-order valence-electron chi connectivity index (χ4n) is 1.21. The highest BCUT2D eigenvalue weighted by Gasteiger charge is 2.04. The molecule has 0 atom stereocenters. The molecule has 0 aromatic carbocycles. The number of rotatable bonds is 1. The quantitative estimate of drug-likeness (QED) is 0.524. The first-order chi connectivity index (χ1) is 6.95. The number of nitrogens with zero attached hydrogens (tertiary/aromatic N) is 7. The Bertz CT molecular complexity index is 552. The number of aromatic nitrogens is 7. The Kier molecular flexibility index (Phi) is 1.32. The number of hydrogen-bond donors (Lipinski definition) is 0. The van der Waals surface area contributed by atoms with E-state index in [0.717, 1.165) is 0 Å². The van der Waals surface area contributed by atoms with Crippen LogP contribution in [0.5, 0.6) is 0 Å². The summed E-state index contributed by atoms with van der Waals surface area (Å²) in [6.07, 6.45) is 7.88. The van der Waals surface area contributed by atoms with Crippen LogP contribution in [0.25, 0.3) is 11.2 Å². The van der Waals surface area contributed by atoms with Gasteiger partial charge in [-0.15, -0.1) is 10.2 Å². The molecule has 14 heavy (non-hydrogen) atoms. The molecule has 0 spiro atoms. The molecule has 0 amide bonds. The lowest BCUT2D eigenvalue weighted by atomic mass is 10.6. The summed E-state index contributed by atoms with van der Waals surface area (Å²) < 4.78 is 1.64. The predicted molar refractivity (Wildman–Crippen MR) is 46.1 cm³/mol. The van der Waals surface area contributed by atoms with Gasteiger partial charge in [-0.25, -0.2) is 15.0 Å². The SMILES string of the molecule is c1ncc2ncn(-n3nccn3)c2n1. The van der Waals surface area contributed by atoms with Gasteiger partial charge in [-0.2, -0.15) is 4.68 Å². The Morgan fingerprint density at radius 1 is 1.07 bits per heavy atom. The average Bonchev–Trinajstić information content (AvgIpc) is 2.85. The first kappa shape index (κ1) is 7.13. The average molecular weight is 187 g/mol. The number of fused-ring (bicyclic) bond motifs is 1. The molecule has 3 rings (SSSR count). The van der Waals surface area contributed by atoms with Gasteiger partial charge in [-0.1, -0.05) is 4.91 Å². The Balaban J connectivity index is 2.33. The standard InChI is InChI=1S/C7H5N7/c1-2-12-14(11-1)13-5-10-6-3-8-4-9-7(6)13/h1-5H. The van der Waals surface area contributed by atoms with E-state index in [0.29, 0.717) is 11.2 Å². The summed E-state index contributed by atoms with van der Waals surface area (Å²) in [5, 5.41) is 7.95. The third-order valence-electron chi connectivity index (χ3n) is 1.80. The molecule has 0 aliphatic carbocycles. The van der Waals surface area contributed by atoms with Crippen LogP contribution in [0.1, 0.15) is 0 Å². The maximum absolute atomic E-state index is 4.11. The zero-order valence-electron chi connectivity index (χ0n) is 7.02. The molecular formula is C7H5N7. The largest absolute Gasteiger partial charge is 0.242 e. The van der Waals surface area contributed by atoms with E-state index < -0.39 is 0 Å². The highest BCUT2D eigenvalue weighted by atomic mass is 15.7. The van der Waals surface area contributed by atoms with E-state index in [1.54, 1.807) is 29.6 Å². The van der Waals surface area contributed by atoms with E-state index in [1.165, 1.54) is 11.2 Å².